The molecule has 1 fully saturated rings. The van der Waals surface area contributed by atoms with Gasteiger partial charge in [0.05, 0.1) is 17.1 Å². The van der Waals surface area contributed by atoms with Gasteiger partial charge >= 0.3 is 11.9 Å². The molecule has 1 saturated heterocycles. The van der Waals surface area contributed by atoms with Gasteiger partial charge in [-0.05, 0) is 89.1 Å². The number of hydrogen-bond donors (Lipinski definition) is 5. The summed E-state index contributed by atoms with van der Waals surface area (Å²) < 4.78 is 5.92. The molecular weight excluding hydrogens is 785 g/mol. The number of esters is 1. The number of likely N-dealkylation sites (tertiary alicyclic amines) is 1. The van der Waals surface area contributed by atoms with Crippen LogP contribution < -0.4 is 16.0 Å². The van der Waals surface area contributed by atoms with Gasteiger partial charge in [-0.25, -0.2) is 4.98 Å². The molecule has 3 amide bonds. The Hall–Kier alpha value is -4.24. The molecule has 14 nitrogen and oxygen atoms in total. The van der Waals surface area contributed by atoms with Crippen molar-refractivity contribution in [2.45, 2.75) is 156 Å². The number of likely N-dealkylation sites (N-methyl/N-ethyl adjacent to an activating group) is 1. The van der Waals surface area contributed by atoms with E-state index in [1.54, 1.807) is 44.5 Å². The Labute approximate surface area is 361 Å². The Kier molecular flexibility index (Phi) is 19.8. The van der Waals surface area contributed by atoms with Gasteiger partial charge in [0.1, 0.15) is 22.5 Å². The second kappa shape index (κ2) is 23.7. The zero-order chi connectivity index (χ0) is 44.7. The largest absolute Gasteiger partial charge is 0.506 e. The molecular formula is C45H72N6O8S. The zero-order valence-electron chi connectivity index (χ0n) is 37.6. The SMILES string of the molecule is CCCCCCN(C(=O)[C@@H](NC(=O)[C@H]1CCCCN1C)[C@@H](C)CC)[C@H](C[C@@H](OC(C)=O)c1nc(C(=O)NC(Cc2ccc(O)c(NC)c2)CC(C)(C)C(=O)O)cs1)C(C)C. The number of phenolic OH excluding ortho intramolecular Hbond substituents is 1. The topological polar surface area (TPSA) is 190 Å². The van der Waals surface area contributed by atoms with Crippen molar-refractivity contribution in [3.05, 3.63) is 39.8 Å². The average Bonchev–Trinajstić information content (AvgIpc) is 3.69. The maximum absolute atomic E-state index is 14.9. The molecule has 6 atom stereocenters. The van der Waals surface area contributed by atoms with Crippen molar-refractivity contribution in [2.24, 2.45) is 17.3 Å². The second-order valence-corrected chi connectivity index (χ2v) is 18.4. The van der Waals surface area contributed by atoms with Crippen LogP contribution in [0.1, 0.15) is 147 Å². The Morgan fingerprint density at radius 2 is 1.78 bits per heavy atom. The molecule has 0 aliphatic carbocycles. The fraction of sp³-hybridized carbons (Fsp3) is 0.689. The maximum atomic E-state index is 14.9. The summed E-state index contributed by atoms with van der Waals surface area (Å²) in [7, 11) is 3.64. The number of phenols is 1. The summed E-state index contributed by atoms with van der Waals surface area (Å²) >= 11 is 1.18. The Morgan fingerprint density at radius 3 is 2.38 bits per heavy atom. The number of carbonyl (C=O) groups is 5. The van der Waals surface area contributed by atoms with Gasteiger partial charge in [-0.3, -0.25) is 28.9 Å². The molecule has 2 aromatic rings. The first kappa shape index (κ1) is 50.1. The lowest BCUT2D eigenvalue weighted by Crippen LogP contribution is -2.59. The number of unbranched alkanes of at least 4 members (excludes halogenated alkanes) is 3. The van der Waals surface area contributed by atoms with Crippen molar-refractivity contribution in [1.82, 2.24) is 25.4 Å². The highest BCUT2D eigenvalue weighted by atomic mass is 32.1. The quantitative estimate of drug-likeness (QED) is 0.0409. The Balaban J connectivity index is 1.95. The number of hydrogen-bond acceptors (Lipinski definition) is 11. The fourth-order valence-corrected chi connectivity index (χ4v) is 8.76. The molecule has 5 N–H and O–H groups in total. The molecule has 1 aliphatic rings. The molecule has 0 saturated carbocycles. The van der Waals surface area contributed by atoms with Gasteiger partial charge in [0.25, 0.3) is 5.91 Å². The molecule has 1 aromatic carbocycles. The number of carboxylic acid groups (broad SMARTS) is 1. The lowest BCUT2D eigenvalue weighted by atomic mass is 9.84. The van der Waals surface area contributed by atoms with Crippen LogP contribution in [0.3, 0.4) is 0 Å². The molecule has 1 aromatic heterocycles. The van der Waals surface area contributed by atoms with Crippen LogP contribution in [0.4, 0.5) is 5.69 Å². The van der Waals surface area contributed by atoms with Crippen LogP contribution in [-0.4, -0.2) is 106 Å². The van der Waals surface area contributed by atoms with Crippen molar-refractivity contribution in [2.75, 3.05) is 32.5 Å². The highest BCUT2D eigenvalue weighted by Gasteiger charge is 2.39. The van der Waals surface area contributed by atoms with E-state index in [2.05, 4.69) is 32.8 Å². The number of carbonyl (C=O) groups excluding carboxylic acids is 4. The number of nitrogens with one attached hydrogen (secondary N) is 3. The van der Waals surface area contributed by atoms with Crippen LogP contribution in [0.15, 0.2) is 23.6 Å². The monoisotopic (exact) mass is 857 g/mol. The van der Waals surface area contributed by atoms with Gasteiger partial charge in [-0.1, -0.05) is 72.8 Å². The molecule has 3 rings (SSSR count). The third-order valence-corrected chi connectivity index (χ3v) is 12.8. The van der Waals surface area contributed by atoms with Crippen molar-refractivity contribution >= 4 is 46.7 Å². The average molecular weight is 857 g/mol. The molecule has 336 valence electrons. The summed E-state index contributed by atoms with van der Waals surface area (Å²) in [5.74, 6) is -2.46. The van der Waals surface area contributed by atoms with E-state index in [4.69, 9.17) is 4.74 Å². The lowest BCUT2D eigenvalue weighted by molar-refractivity contribution is -0.150. The number of ether oxygens (including phenoxy) is 1. The molecule has 0 radical (unpaired) electrons. The molecule has 15 heteroatoms. The molecule has 1 unspecified atom stereocenters. The summed E-state index contributed by atoms with van der Waals surface area (Å²) in [5.41, 5.74) is 0.211. The van der Waals surface area contributed by atoms with Crippen LogP contribution in [-0.2, 0) is 30.3 Å². The summed E-state index contributed by atoms with van der Waals surface area (Å²) in [5, 5.41) is 31.2. The first-order valence-electron chi connectivity index (χ1n) is 21.8. The van der Waals surface area contributed by atoms with Gasteiger partial charge in [0.2, 0.25) is 11.8 Å². The minimum Gasteiger partial charge on any atom is -0.506 e. The molecule has 0 spiro atoms. The molecule has 0 bridgehead atoms. The van der Waals surface area contributed by atoms with Gasteiger partial charge in [-0.2, -0.15) is 0 Å². The summed E-state index contributed by atoms with van der Waals surface area (Å²) in [4.78, 5) is 75.9. The van der Waals surface area contributed by atoms with Crippen molar-refractivity contribution < 1.29 is 38.9 Å². The molecule has 2 heterocycles. The number of piperidine rings is 1. The highest BCUT2D eigenvalue weighted by molar-refractivity contribution is 7.09. The van der Waals surface area contributed by atoms with Crippen molar-refractivity contribution in [3.8, 4) is 5.75 Å². The van der Waals surface area contributed by atoms with Crippen LogP contribution in [0.25, 0.3) is 0 Å². The number of aromatic nitrogens is 1. The summed E-state index contributed by atoms with van der Waals surface area (Å²) in [6, 6.07) is 2.99. The summed E-state index contributed by atoms with van der Waals surface area (Å²) in [6.45, 7) is 16.0. The smallest absolute Gasteiger partial charge is 0.309 e. The predicted octanol–water partition coefficient (Wildman–Crippen LogP) is 7.18. The van der Waals surface area contributed by atoms with Crippen LogP contribution in [0.5, 0.6) is 5.75 Å². The van der Waals surface area contributed by atoms with E-state index >= 15 is 0 Å². The number of aromatic hydroxyl groups is 1. The Bertz CT molecular complexity index is 1730. The first-order chi connectivity index (χ1) is 28.3. The number of benzene rings is 1. The zero-order valence-corrected chi connectivity index (χ0v) is 38.5. The minimum absolute atomic E-state index is 0.0681. The fourth-order valence-electron chi connectivity index (χ4n) is 7.92. The summed E-state index contributed by atoms with van der Waals surface area (Å²) in [6.07, 6.45) is 6.94. The number of nitrogens with zero attached hydrogens (tertiary/aromatic N) is 3. The van der Waals surface area contributed by atoms with Gasteiger partial charge in [0.15, 0.2) is 6.10 Å². The van der Waals surface area contributed by atoms with E-state index in [0.29, 0.717) is 23.7 Å². The van der Waals surface area contributed by atoms with E-state index in [-0.39, 0.29) is 60.4 Å². The molecule has 60 heavy (non-hydrogen) atoms. The van der Waals surface area contributed by atoms with Crippen molar-refractivity contribution in [1.29, 1.82) is 0 Å². The lowest BCUT2D eigenvalue weighted by Gasteiger charge is -2.40. The van der Waals surface area contributed by atoms with Gasteiger partial charge in [0, 0.05) is 44.4 Å². The first-order valence-corrected chi connectivity index (χ1v) is 22.7. The van der Waals surface area contributed by atoms with Crippen LogP contribution in [0.2, 0.25) is 0 Å². The third kappa shape index (κ3) is 14.5. The number of aliphatic carboxylic acids is 1. The number of rotatable bonds is 24. The van der Waals surface area contributed by atoms with E-state index < -0.39 is 47.5 Å². The van der Waals surface area contributed by atoms with E-state index in [1.807, 2.05) is 39.6 Å². The third-order valence-electron chi connectivity index (χ3n) is 11.8. The second-order valence-electron chi connectivity index (χ2n) is 17.5. The number of thiazole rings is 1. The standard InChI is InChI=1S/C45H72N6O8S/c1-11-13-14-16-22-51(43(56)39(29(5)12-2)49-41(55)35-18-15-17-21-50(35)10)36(28(3)4)25-38(59-30(6)52)42-48-34(27-60-42)40(54)47-32(26-45(7,8)44(57)58)23-31-19-20-37(53)33(24-31)46-9/h19-20,24,27-29,32,35-36,38-39,46,53H,11-18,21-23,25-26H2,1-10H3,(H,47,54)(H,49,55)(H,57,58)/t29-,32?,35+,36+,38+,39-/m0/s1. The van der Waals surface area contributed by atoms with Crippen molar-refractivity contribution in [3.63, 3.8) is 0 Å². The number of anilines is 1. The number of carboxylic acids is 1. The molecule has 1 aliphatic heterocycles. The predicted molar refractivity (Wildman–Crippen MR) is 236 cm³/mol. The van der Waals surface area contributed by atoms with E-state index in [9.17, 15) is 34.2 Å². The van der Waals surface area contributed by atoms with Gasteiger partial charge in [-0.15, -0.1) is 11.3 Å². The number of amides is 3. The van der Waals surface area contributed by atoms with Crippen LogP contribution in [0, 0.1) is 17.3 Å². The van der Waals surface area contributed by atoms with Gasteiger partial charge < -0.3 is 35.8 Å². The Morgan fingerprint density at radius 1 is 1.07 bits per heavy atom. The minimum atomic E-state index is -1.16. The van der Waals surface area contributed by atoms with E-state index in [1.165, 1.54) is 18.3 Å². The highest BCUT2D eigenvalue weighted by Crippen LogP contribution is 2.33. The normalized spacial score (nSPS) is 17.2. The van der Waals surface area contributed by atoms with E-state index in [0.717, 1.165) is 57.1 Å². The van der Waals surface area contributed by atoms with Crippen LogP contribution >= 0.6 is 11.3 Å². The maximum Gasteiger partial charge on any atom is 0.309 e.